The van der Waals surface area contributed by atoms with Gasteiger partial charge in [-0.1, -0.05) is 0 Å². The average molecular weight is 360 g/mol. The van der Waals surface area contributed by atoms with Crippen LogP contribution in [-0.4, -0.2) is 87.5 Å². The second kappa shape index (κ2) is 6.10. The number of hydrogen-bond donors (Lipinski definition) is 4. The normalized spacial score (nSPS) is 12.1. The third-order valence-corrected chi connectivity index (χ3v) is 4.45. The van der Waals surface area contributed by atoms with Gasteiger partial charge in [-0.15, -0.1) is 0 Å². The fraction of sp³-hybridized carbons (Fsp3) is 0. The molecule has 0 radical (unpaired) electrons. The van der Waals surface area contributed by atoms with E-state index in [0.717, 1.165) is 12.1 Å². The van der Waals surface area contributed by atoms with Crippen LogP contribution in [0.15, 0.2) is 34.1 Å². The van der Waals surface area contributed by atoms with Crippen molar-refractivity contribution >= 4 is 82.4 Å². The van der Waals surface area contributed by atoms with E-state index in [-0.39, 0.29) is 62.2 Å². The van der Waals surface area contributed by atoms with Crippen LogP contribution in [0.2, 0.25) is 0 Å². The van der Waals surface area contributed by atoms with Crippen molar-refractivity contribution in [3.8, 4) is 11.5 Å². The Morgan fingerprint density at radius 2 is 1.24 bits per heavy atom. The van der Waals surface area contributed by atoms with Crippen molar-refractivity contribution in [3.63, 3.8) is 0 Å². The third kappa shape index (κ3) is 3.94. The first-order chi connectivity index (χ1) is 9.00. The Hall–Kier alpha value is -0.244. The molecule has 0 spiro atoms. The molecule has 0 bridgehead atoms. The fourth-order valence-corrected chi connectivity index (χ4v) is 3.54. The van der Waals surface area contributed by atoms with E-state index in [1.54, 1.807) is 0 Å². The van der Waals surface area contributed by atoms with Gasteiger partial charge in [-0.3, -0.25) is 9.11 Å². The van der Waals surface area contributed by atoms with E-state index < -0.39 is 41.5 Å². The van der Waals surface area contributed by atoms with Crippen LogP contribution in [0.1, 0.15) is 0 Å². The van der Waals surface area contributed by atoms with Crippen molar-refractivity contribution in [3.05, 3.63) is 24.3 Å². The first-order valence-electron chi connectivity index (χ1n) is 4.95. The molecular formula is C10H9KO8S2. The Morgan fingerprint density at radius 1 is 0.762 bits per heavy atom. The van der Waals surface area contributed by atoms with Gasteiger partial charge in [-0.2, -0.15) is 16.8 Å². The molecule has 8 nitrogen and oxygen atoms in total. The Labute approximate surface area is 162 Å². The molecule has 2 aromatic carbocycles. The van der Waals surface area contributed by atoms with E-state index in [2.05, 4.69) is 0 Å². The predicted octanol–water partition coefficient (Wildman–Crippen LogP) is 0.0959. The molecule has 0 amide bonds. The minimum atomic E-state index is -4.95. The molecule has 21 heavy (non-hydrogen) atoms. The molecule has 0 aromatic heterocycles. The zero-order valence-corrected chi connectivity index (χ0v) is 11.2. The Morgan fingerprint density at radius 3 is 1.71 bits per heavy atom. The van der Waals surface area contributed by atoms with E-state index in [4.69, 9.17) is 9.11 Å². The Balaban J connectivity index is 0.00000220. The van der Waals surface area contributed by atoms with E-state index >= 15 is 0 Å². The summed E-state index contributed by atoms with van der Waals surface area (Å²) in [6, 6.07) is 3.36. The summed E-state index contributed by atoms with van der Waals surface area (Å²) in [5, 5.41) is 18.7. The first-order valence-corrected chi connectivity index (χ1v) is 7.83. The number of fused-ring (bicyclic) bond motifs is 1. The molecule has 0 saturated heterocycles. The van der Waals surface area contributed by atoms with Crippen LogP contribution in [-0.2, 0) is 20.2 Å². The molecular weight excluding hydrogens is 351 g/mol. The molecule has 0 saturated carbocycles. The number of hydrogen-bond acceptors (Lipinski definition) is 6. The molecule has 0 aliphatic rings. The zero-order valence-electron chi connectivity index (χ0n) is 9.55. The van der Waals surface area contributed by atoms with Gasteiger partial charge in [-0.05, 0) is 23.6 Å². The second-order valence-electron chi connectivity index (χ2n) is 3.94. The molecule has 4 N–H and O–H groups in total. The predicted molar refractivity (Wildman–Crippen MR) is 74.1 cm³/mol. The van der Waals surface area contributed by atoms with Gasteiger partial charge < -0.3 is 10.2 Å². The standard InChI is InChI=1S/C10H8O8S2.K.H/c11-6-1-5-2-9(19(13,14)15)10(20(16,17)18)4-7(5)8(12)3-6;;/h1-4,11-12H,(H,13,14,15)(H,16,17,18);;. The van der Waals surface area contributed by atoms with Crippen molar-refractivity contribution in [1.29, 1.82) is 0 Å². The first kappa shape index (κ1) is 18.8. The van der Waals surface area contributed by atoms with Crippen LogP contribution in [0.3, 0.4) is 0 Å². The number of rotatable bonds is 2. The summed E-state index contributed by atoms with van der Waals surface area (Å²) in [7, 11) is -9.88. The van der Waals surface area contributed by atoms with Crippen molar-refractivity contribution in [2.45, 2.75) is 9.79 Å². The van der Waals surface area contributed by atoms with Gasteiger partial charge in [0.05, 0.1) is 0 Å². The molecule has 0 atom stereocenters. The van der Waals surface area contributed by atoms with Crippen LogP contribution < -0.4 is 0 Å². The quantitative estimate of drug-likeness (QED) is 0.435. The summed E-state index contributed by atoms with van der Waals surface area (Å²) in [4.78, 5) is -2.13. The molecule has 0 fully saturated rings. The van der Waals surface area contributed by atoms with Crippen LogP contribution >= 0.6 is 0 Å². The maximum absolute atomic E-state index is 11.2. The Kier molecular flexibility index (Phi) is 5.46. The molecule has 2 aromatic rings. The van der Waals surface area contributed by atoms with Crippen LogP contribution in [0.5, 0.6) is 11.5 Å². The summed E-state index contributed by atoms with van der Waals surface area (Å²) < 4.78 is 62.7. The third-order valence-electron chi connectivity index (χ3n) is 2.54. The SMILES string of the molecule is O=S(=O)(O)c1cc2cc(O)cc(O)c2cc1S(=O)(=O)O.[KH]. The van der Waals surface area contributed by atoms with Crippen molar-refractivity contribution < 1.29 is 36.2 Å². The van der Waals surface area contributed by atoms with Crippen LogP contribution in [0, 0.1) is 0 Å². The van der Waals surface area contributed by atoms with E-state index in [1.807, 2.05) is 0 Å². The van der Waals surface area contributed by atoms with Crippen LogP contribution in [0.4, 0.5) is 0 Å². The maximum atomic E-state index is 11.2. The second-order valence-corrected chi connectivity index (χ2v) is 6.72. The van der Waals surface area contributed by atoms with Gasteiger partial charge in [0.2, 0.25) is 0 Å². The van der Waals surface area contributed by atoms with E-state index in [9.17, 15) is 27.0 Å². The topological polar surface area (TPSA) is 149 Å². The van der Waals surface area contributed by atoms with E-state index in [0.29, 0.717) is 12.1 Å². The summed E-state index contributed by atoms with van der Waals surface area (Å²) >= 11 is 0. The molecule has 0 aliphatic carbocycles. The van der Waals surface area contributed by atoms with Crippen LogP contribution in [0.25, 0.3) is 10.8 Å². The molecule has 110 valence electrons. The van der Waals surface area contributed by atoms with Gasteiger partial charge in [0.15, 0.2) is 0 Å². The van der Waals surface area contributed by atoms with Gasteiger partial charge in [0.1, 0.15) is 21.3 Å². The van der Waals surface area contributed by atoms with Crippen molar-refractivity contribution in [2.24, 2.45) is 0 Å². The summed E-state index contributed by atoms with van der Waals surface area (Å²) in [5.41, 5.74) is 0. The fourth-order valence-electron chi connectivity index (χ4n) is 1.74. The summed E-state index contributed by atoms with van der Waals surface area (Å²) in [5.74, 6) is -0.914. The molecule has 0 aliphatic heterocycles. The average Bonchev–Trinajstić information content (AvgIpc) is 2.24. The number of aromatic hydroxyl groups is 2. The van der Waals surface area contributed by atoms with Gasteiger partial charge in [0.25, 0.3) is 20.2 Å². The summed E-state index contributed by atoms with van der Waals surface area (Å²) in [6.45, 7) is 0. The van der Waals surface area contributed by atoms with Crippen molar-refractivity contribution in [2.75, 3.05) is 0 Å². The van der Waals surface area contributed by atoms with Gasteiger partial charge in [0, 0.05) is 11.5 Å². The molecule has 0 heterocycles. The molecule has 11 heteroatoms. The number of phenolic OH excluding ortho intramolecular Hbond substituents is 2. The molecule has 2 rings (SSSR count). The monoisotopic (exact) mass is 360 g/mol. The van der Waals surface area contributed by atoms with Crippen molar-refractivity contribution in [1.82, 2.24) is 0 Å². The zero-order chi connectivity index (χ0) is 15.3. The number of benzene rings is 2. The summed E-state index contributed by atoms with van der Waals surface area (Å²) in [6.07, 6.45) is 0. The number of phenols is 2. The Bertz CT molecular complexity index is 918. The van der Waals surface area contributed by atoms with Gasteiger partial charge >= 0.3 is 51.4 Å². The van der Waals surface area contributed by atoms with E-state index in [1.165, 1.54) is 0 Å². The van der Waals surface area contributed by atoms with Gasteiger partial charge in [-0.25, -0.2) is 0 Å². The molecule has 0 unspecified atom stereocenters. The minimum absolute atomic E-state index is 0.